The summed E-state index contributed by atoms with van der Waals surface area (Å²) in [6.45, 7) is 5.46. The molecule has 2 aromatic carbocycles. The smallest absolute Gasteiger partial charge is 0.370 e. The highest BCUT2D eigenvalue weighted by molar-refractivity contribution is 7.89. The second-order valence-electron chi connectivity index (χ2n) is 11.3. The van der Waals surface area contributed by atoms with Gasteiger partial charge in [-0.1, -0.05) is 50.6 Å². The number of fused-ring (bicyclic) bond motifs is 1. The Morgan fingerprint density at radius 1 is 1.13 bits per heavy atom. The van der Waals surface area contributed by atoms with Crippen LogP contribution in [0, 0.1) is 5.92 Å². The Bertz CT molecular complexity index is 1280. The molecule has 39 heavy (non-hydrogen) atoms. The highest BCUT2D eigenvalue weighted by Crippen LogP contribution is 2.47. The summed E-state index contributed by atoms with van der Waals surface area (Å²) >= 11 is 0. The van der Waals surface area contributed by atoms with Crippen LogP contribution < -0.4 is 11.1 Å². The van der Waals surface area contributed by atoms with Gasteiger partial charge >= 0.3 is 6.18 Å². The van der Waals surface area contributed by atoms with Crippen molar-refractivity contribution in [1.82, 2.24) is 9.62 Å². The van der Waals surface area contributed by atoms with Crippen LogP contribution in [0.1, 0.15) is 69.1 Å². The molecule has 1 fully saturated rings. The van der Waals surface area contributed by atoms with Crippen molar-refractivity contribution in [2.24, 2.45) is 11.7 Å². The standard InChI is InChI=1S/C29H38F3N3O3S/c1-20(2)18-34-19-28(15-7-9-21-8-3-4-13-25(21)28)26-14-6-11-23(17-27(33)36)35(26)39(37,38)24-12-5-10-22(16-24)29(30,31)32/h3-5,8,10,12-13,16,20,23,26,34H,6-7,9,11,14-15,17-19H2,1-2H3,(H2,33,36)/t23-,26?,28-/m0/s1. The first-order valence-corrected chi connectivity index (χ1v) is 15.1. The van der Waals surface area contributed by atoms with Gasteiger partial charge in [0.2, 0.25) is 15.9 Å². The number of carbonyl (C=O) groups excluding carboxylic acids is 1. The Morgan fingerprint density at radius 3 is 2.56 bits per heavy atom. The molecule has 1 aliphatic carbocycles. The number of aryl methyl sites for hydroxylation is 1. The number of alkyl halides is 3. The van der Waals surface area contributed by atoms with E-state index in [1.165, 1.54) is 10.4 Å². The minimum atomic E-state index is -4.69. The lowest BCUT2D eigenvalue weighted by Crippen LogP contribution is -2.62. The van der Waals surface area contributed by atoms with Crippen molar-refractivity contribution in [2.45, 2.75) is 87.4 Å². The van der Waals surface area contributed by atoms with Gasteiger partial charge in [-0.2, -0.15) is 17.5 Å². The molecular weight excluding hydrogens is 527 g/mol. The number of piperidine rings is 1. The van der Waals surface area contributed by atoms with E-state index in [0.717, 1.165) is 49.1 Å². The van der Waals surface area contributed by atoms with Crippen LogP contribution in [0.25, 0.3) is 0 Å². The third-order valence-corrected chi connectivity index (χ3v) is 10.1. The van der Waals surface area contributed by atoms with E-state index in [-0.39, 0.29) is 6.42 Å². The van der Waals surface area contributed by atoms with Crippen molar-refractivity contribution in [3.63, 3.8) is 0 Å². The van der Waals surface area contributed by atoms with E-state index < -0.39 is 50.1 Å². The number of nitrogens with one attached hydrogen (secondary N) is 1. The van der Waals surface area contributed by atoms with Crippen molar-refractivity contribution >= 4 is 15.9 Å². The van der Waals surface area contributed by atoms with E-state index in [4.69, 9.17) is 5.73 Å². The first-order valence-electron chi connectivity index (χ1n) is 13.6. The second kappa shape index (κ2) is 11.6. The van der Waals surface area contributed by atoms with E-state index in [0.29, 0.717) is 37.8 Å². The Morgan fingerprint density at radius 2 is 1.87 bits per heavy atom. The van der Waals surface area contributed by atoms with Crippen LogP contribution in [-0.2, 0) is 32.8 Å². The fourth-order valence-electron chi connectivity index (χ4n) is 6.50. The number of halogens is 3. The normalized spacial score (nSPS) is 24.5. The van der Waals surface area contributed by atoms with Gasteiger partial charge in [-0.15, -0.1) is 0 Å². The van der Waals surface area contributed by atoms with E-state index in [9.17, 15) is 26.4 Å². The number of primary amides is 1. The zero-order chi connectivity index (χ0) is 28.4. The number of sulfonamides is 1. The summed E-state index contributed by atoms with van der Waals surface area (Å²) in [6, 6.07) is 10.6. The van der Waals surface area contributed by atoms with Gasteiger partial charge in [-0.3, -0.25) is 4.79 Å². The summed E-state index contributed by atoms with van der Waals surface area (Å²) in [5.74, 6) is -0.263. The monoisotopic (exact) mass is 565 g/mol. The average Bonchev–Trinajstić information content (AvgIpc) is 2.87. The molecule has 1 amide bonds. The molecular formula is C29H38F3N3O3S. The molecule has 1 unspecified atom stereocenters. The molecule has 0 saturated carbocycles. The molecule has 3 N–H and O–H groups in total. The van der Waals surface area contributed by atoms with Crippen LogP contribution >= 0.6 is 0 Å². The third kappa shape index (κ3) is 6.18. The number of nitrogens with two attached hydrogens (primary N) is 1. The van der Waals surface area contributed by atoms with Gasteiger partial charge in [-0.25, -0.2) is 8.42 Å². The van der Waals surface area contributed by atoms with E-state index in [1.807, 2.05) is 12.1 Å². The summed E-state index contributed by atoms with van der Waals surface area (Å²) < 4.78 is 70.7. The summed E-state index contributed by atoms with van der Waals surface area (Å²) in [7, 11) is -4.42. The van der Waals surface area contributed by atoms with Gasteiger partial charge in [0.15, 0.2) is 0 Å². The van der Waals surface area contributed by atoms with E-state index >= 15 is 0 Å². The van der Waals surface area contributed by atoms with Crippen LogP contribution in [-0.4, -0.2) is 43.8 Å². The van der Waals surface area contributed by atoms with Gasteiger partial charge in [-0.05, 0) is 73.9 Å². The van der Waals surface area contributed by atoms with Gasteiger partial charge in [0.05, 0.1) is 10.5 Å². The molecule has 1 aliphatic heterocycles. The largest absolute Gasteiger partial charge is 0.416 e. The van der Waals surface area contributed by atoms with Crippen molar-refractivity contribution in [3.05, 3.63) is 65.2 Å². The zero-order valence-corrected chi connectivity index (χ0v) is 23.3. The molecule has 0 spiro atoms. The van der Waals surface area contributed by atoms with Crippen molar-refractivity contribution in [1.29, 1.82) is 0 Å². The molecule has 2 aliphatic rings. The number of carbonyl (C=O) groups is 1. The molecule has 6 nitrogen and oxygen atoms in total. The Balaban J connectivity index is 1.89. The van der Waals surface area contributed by atoms with Crippen LogP contribution in [0.2, 0.25) is 0 Å². The van der Waals surface area contributed by atoms with Crippen molar-refractivity contribution < 1.29 is 26.4 Å². The molecule has 0 radical (unpaired) electrons. The van der Waals surface area contributed by atoms with E-state index in [1.54, 1.807) is 0 Å². The molecule has 0 bridgehead atoms. The maximum atomic E-state index is 14.3. The van der Waals surface area contributed by atoms with E-state index in [2.05, 4.69) is 31.3 Å². The lowest BCUT2D eigenvalue weighted by Gasteiger charge is -2.53. The van der Waals surface area contributed by atoms with Gasteiger partial charge in [0, 0.05) is 30.5 Å². The van der Waals surface area contributed by atoms with Gasteiger partial charge in [0.1, 0.15) is 0 Å². The number of hydrogen-bond donors (Lipinski definition) is 2. The summed E-state index contributed by atoms with van der Waals surface area (Å²) in [5, 5.41) is 3.57. The zero-order valence-electron chi connectivity index (χ0n) is 22.5. The number of rotatable bonds is 9. The predicted octanol–water partition coefficient (Wildman–Crippen LogP) is 5.01. The molecule has 1 saturated heterocycles. The third-order valence-electron chi connectivity index (χ3n) is 8.11. The minimum Gasteiger partial charge on any atom is -0.370 e. The highest BCUT2D eigenvalue weighted by atomic mass is 32.2. The number of amides is 1. The molecule has 1 heterocycles. The quantitative estimate of drug-likeness (QED) is 0.447. The molecule has 3 atom stereocenters. The van der Waals surface area contributed by atoms with Crippen LogP contribution in [0.3, 0.4) is 0 Å². The SMILES string of the molecule is CC(C)CNC[C@@]1(C2CCC[C@@H](CC(N)=O)N2S(=O)(=O)c2cccc(C(F)(F)F)c2)CCCc2ccccc21. The summed E-state index contributed by atoms with van der Waals surface area (Å²) in [4.78, 5) is 11.7. The lowest BCUT2D eigenvalue weighted by molar-refractivity contribution is -0.137. The molecule has 10 heteroatoms. The summed E-state index contributed by atoms with van der Waals surface area (Å²) in [6.07, 6.45) is -0.798. The Labute approximate surface area is 229 Å². The van der Waals surface area contributed by atoms with Gasteiger partial charge < -0.3 is 11.1 Å². The minimum absolute atomic E-state index is 0.189. The first-order chi connectivity index (χ1) is 18.4. The second-order valence-corrected chi connectivity index (χ2v) is 13.2. The topological polar surface area (TPSA) is 92.5 Å². The highest BCUT2D eigenvalue weighted by Gasteiger charge is 2.52. The molecule has 4 rings (SSSR count). The Kier molecular flexibility index (Phi) is 8.78. The van der Waals surface area contributed by atoms with Crippen molar-refractivity contribution in [2.75, 3.05) is 13.1 Å². The number of hydrogen-bond acceptors (Lipinski definition) is 4. The fraction of sp³-hybridized carbons (Fsp3) is 0.552. The fourth-order valence-corrected chi connectivity index (χ4v) is 8.49. The maximum Gasteiger partial charge on any atom is 0.416 e. The molecule has 0 aromatic heterocycles. The van der Waals surface area contributed by atoms with Gasteiger partial charge in [0.25, 0.3) is 0 Å². The molecule has 214 valence electrons. The summed E-state index contributed by atoms with van der Waals surface area (Å²) in [5.41, 5.74) is 6.16. The van der Waals surface area contributed by atoms with Crippen LogP contribution in [0.4, 0.5) is 13.2 Å². The number of nitrogens with zero attached hydrogens (tertiary/aromatic N) is 1. The lowest BCUT2D eigenvalue weighted by atomic mass is 9.63. The number of benzene rings is 2. The maximum absolute atomic E-state index is 14.3. The van der Waals surface area contributed by atoms with Crippen LogP contribution in [0.5, 0.6) is 0 Å². The van der Waals surface area contributed by atoms with Crippen molar-refractivity contribution in [3.8, 4) is 0 Å². The Hall–Kier alpha value is -2.43. The van der Waals surface area contributed by atoms with Crippen LogP contribution in [0.15, 0.2) is 53.4 Å². The first kappa shape index (κ1) is 29.6. The molecule has 2 aromatic rings. The average molecular weight is 566 g/mol. The predicted molar refractivity (Wildman–Crippen MR) is 144 cm³/mol.